The van der Waals surface area contributed by atoms with Gasteiger partial charge >= 0.3 is 0 Å². The van der Waals surface area contributed by atoms with Crippen molar-refractivity contribution in [1.29, 1.82) is 0 Å². The molecule has 0 saturated heterocycles. The second-order valence-electron chi connectivity index (χ2n) is 4.51. The van der Waals surface area contributed by atoms with Gasteiger partial charge in [0.2, 0.25) is 11.8 Å². The highest BCUT2D eigenvalue weighted by Gasteiger charge is 2.38. The predicted octanol–water partition coefficient (Wildman–Crippen LogP) is 1.45. The van der Waals surface area contributed by atoms with E-state index in [9.17, 15) is 0 Å². The highest BCUT2D eigenvalue weighted by Crippen LogP contribution is 2.46. The molecule has 0 spiro atoms. The average Bonchev–Trinajstić information content (AvgIpc) is 3.07. The zero-order valence-electron chi connectivity index (χ0n) is 8.36. The summed E-state index contributed by atoms with van der Waals surface area (Å²) in [5.74, 6) is 2.85. The minimum absolute atomic E-state index is 0.539. The molecule has 14 heavy (non-hydrogen) atoms. The summed E-state index contributed by atoms with van der Waals surface area (Å²) >= 11 is 0. The second-order valence-corrected chi connectivity index (χ2v) is 4.51. The molecule has 4 nitrogen and oxygen atoms in total. The van der Waals surface area contributed by atoms with Gasteiger partial charge < -0.3 is 9.73 Å². The van der Waals surface area contributed by atoms with Gasteiger partial charge in [0.1, 0.15) is 0 Å². The van der Waals surface area contributed by atoms with Crippen LogP contribution in [0.4, 0.5) is 0 Å². The van der Waals surface area contributed by atoms with Crippen molar-refractivity contribution >= 4 is 0 Å². The van der Waals surface area contributed by atoms with E-state index in [1.54, 1.807) is 0 Å². The molecule has 0 bridgehead atoms. The van der Waals surface area contributed by atoms with Crippen molar-refractivity contribution in [3.63, 3.8) is 0 Å². The largest absolute Gasteiger partial charge is 0.424 e. The van der Waals surface area contributed by atoms with E-state index >= 15 is 0 Å². The molecule has 1 N–H and O–H groups in total. The van der Waals surface area contributed by atoms with Crippen LogP contribution in [0.1, 0.15) is 43.9 Å². The molecule has 1 aromatic rings. The molecule has 0 amide bonds. The van der Waals surface area contributed by atoms with Gasteiger partial charge in [-0.15, -0.1) is 10.2 Å². The Kier molecular flexibility index (Phi) is 1.83. The van der Waals surface area contributed by atoms with Crippen LogP contribution in [-0.2, 0) is 6.54 Å². The Morgan fingerprint density at radius 2 is 2.21 bits per heavy atom. The molecule has 1 heterocycles. The summed E-state index contributed by atoms with van der Waals surface area (Å²) in [6, 6.07) is 0.699. The van der Waals surface area contributed by atoms with Crippen molar-refractivity contribution in [3.05, 3.63) is 11.8 Å². The van der Waals surface area contributed by atoms with Gasteiger partial charge in [0.05, 0.1) is 6.54 Å². The average molecular weight is 193 g/mol. The highest BCUT2D eigenvalue weighted by molar-refractivity contribution is 5.04. The Morgan fingerprint density at radius 1 is 1.43 bits per heavy atom. The van der Waals surface area contributed by atoms with E-state index in [0.29, 0.717) is 12.0 Å². The molecule has 4 heteroatoms. The van der Waals surface area contributed by atoms with Gasteiger partial charge in [0, 0.05) is 12.0 Å². The number of rotatable bonds is 4. The van der Waals surface area contributed by atoms with Crippen LogP contribution in [0.2, 0.25) is 0 Å². The molecular formula is C10H15N3O. The first kappa shape index (κ1) is 8.41. The van der Waals surface area contributed by atoms with Crippen LogP contribution >= 0.6 is 0 Å². The lowest BCUT2D eigenvalue weighted by atomic mass is 10.3. The topological polar surface area (TPSA) is 51.0 Å². The first-order valence-corrected chi connectivity index (χ1v) is 5.38. The first-order chi connectivity index (χ1) is 6.83. The smallest absolute Gasteiger partial charge is 0.230 e. The van der Waals surface area contributed by atoms with Crippen molar-refractivity contribution < 1.29 is 4.42 Å². The van der Waals surface area contributed by atoms with Gasteiger partial charge in [-0.3, -0.25) is 0 Å². The predicted molar refractivity (Wildman–Crippen MR) is 50.7 cm³/mol. The van der Waals surface area contributed by atoms with Crippen LogP contribution < -0.4 is 5.32 Å². The summed E-state index contributed by atoms with van der Waals surface area (Å²) in [6.07, 6.45) is 3.79. The Morgan fingerprint density at radius 3 is 2.86 bits per heavy atom. The summed E-state index contributed by atoms with van der Waals surface area (Å²) < 4.78 is 5.57. The molecule has 2 aliphatic rings. The lowest BCUT2D eigenvalue weighted by molar-refractivity contribution is 0.429. The van der Waals surface area contributed by atoms with E-state index in [4.69, 9.17) is 4.42 Å². The maximum Gasteiger partial charge on any atom is 0.230 e. The molecule has 76 valence electrons. The van der Waals surface area contributed by atoms with Crippen molar-refractivity contribution in [2.24, 2.45) is 5.92 Å². The van der Waals surface area contributed by atoms with E-state index < -0.39 is 0 Å². The van der Waals surface area contributed by atoms with E-state index in [-0.39, 0.29) is 0 Å². The highest BCUT2D eigenvalue weighted by atomic mass is 16.4. The summed E-state index contributed by atoms with van der Waals surface area (Å²) in [5, 5.41) is 11.5. The van der Waals surface area contributed by atoms with Crippen molar-refractivity contribution in [2.75, 3.05) is 0 Å². The third kappa shape index (κ3) is 1.66. The van der Waals surface area contributed by atoms with Crippen molar-refractivity contribution in [1.82, 2.24) is 15.5 Å². The van der Waals surface area contributed by atoms with Crippen LogP contribution in [0.3, 0.4) is 0 Å². The normalized spacial score (nSPS) is 30.6. The van der Waals surface area contributed by atoms with Crippen LogP contribution in [-0.4, -0.2) is 16.2 Å². The van der Waals surface area contributed by atoms with Crippen LogP contribution in [0, 0.1) is 5.92 Å². The third-order valence-corrected chi connectivity index (χ3v) is 3.03. The Hall–Kier alpha value is -0.900. The number of nitrogens with one attached hydrogen (secondary N) is 1. The molecule has 1 aromatic heterocycles. The molecule has 0 radical (unpaired) electrons. The zero-order chi connectivity index (χ0) is 9.54. The molecule has 0 aliphatic heterocycles. The summed E-state index contributed by atoms with van der Waals surface area (Å²) in [7, 11) is 0. The molecule has 2 atom stereocenters. The molecule has 0 aromatic carbocycles. The van der Waals surface area contributed by atoms with Gasteiger partial charge in [0.25, 0.3) is 0 Å². The maximum absolute atomic E-state index is 5.57. The van der Waals surface area contributed by atoms with Crippen molar-refractivity contribution in [2.45, 2.75) is 44.7 Å². The minimum Gasteiger partial charge on any atom is -0.424 e. The van der Waals surface area contributed by atoms with Gasteiger partial charge in [0.15, 0.2) is 0 Å². The van der Waals surface area contributed by atoms with Crippen LogP contribution in [0.5, 0.6) is 0 Å². The fourth-order valence-corrected chi connectivity index (χ4v) is 1.67. The minimum atomic E-state index is 0.539. The van der Waals surface area contributed by atoms with E-state index in [1.165, 1.54) is 19.3 Å². The van der Waals surface area contributed by atoms with Crippen LogP contribution in [0.15, 0.2) is 4.42 Å². The molecule has 2 aliphatic carbocycles. The maximum atomic E-state index is 5.57. The SMILES string of the molecule is CC1CC1c1nnc(CNC2CC2)o1. The molecular weight excluding hydrogens is 178 g/mol. The van der Waals surface area contributed by atoms with Gasteiger partial charge in [-0.2, -0.15) is 0 Å². The molecule has 2 unspecified atom stereocenters. The number of nitrogens with zero attached hydrogens (tertiary/aromatic N) is 2. The zero-order valence-corrected chi connectivity index (χ0v) is 8.36. The summed E-state index contributed by atoms with van der Waals surface area (Å²) in [4.78, 5) is 0. The van der Waals surface area contributed by atoms with E-state index in [1.807, 2.05) is 0 Å². The first-order valence-electron chi connectivity index (χ1n) is 5.38. The van der Waals surface area contributed by atoms with Crippen molar-refractivity contribution in [3.8, 4) is 0 Å². The van der Waals surface area contributed by atoms with Gasteiger partial charge in [-0.25, -0.2) is 0 Å². The number of hydrogen-bond acceptors (Lipinski definition) is 4. The van der Waals surface area contributed by atoms with Gasteiger partial charge in [-0.05, 0) is 25.2 Å². The third-order valence-electron chi connectivity index (χ3n) is 3.03. The molecule has 3 rings (SSSR count). The summed E-state index contributed by atoms with van der Waals surface area (Å²) in [6.45, 7) is 2.95. The summed E-state index contributed by atoms with van der Waals surface area (Å²) in [5.41, 5.74) is 0. The fraction of sp³-hybridized carbons (Fsp3) is 0.800. The number of aromatic nitrogens is 2. The lowest BCUT2D eigenvalue weighted by Gasteiger charge is -1.95. The van der Waals surface area contributed by atoms with Crippen LogP contribution in [0.25, 0.3) is 0 Å². The standard InChI is InChI=1S/C10H15N3O/c1-6-4-8(6)10-13-12-9(14-10)5-11-7-2-3-7/h6-8,11H,2-5H2,1H3. The lowest BCUT2D eigenvalue weighted by Crippen LogP contribution is -2.15. The monoisotopic (exact) mass is 193 g/mol. The number of hydrogen-bond donors (Lipinski definition) is 1. The van der Waals surface area contributed by atoms with E-state index in [0.717, 1.165) is 24.2 Å². The van der Waals surface area contributed by atoms with Gasteiger partial charge in [-0.1, -0.05) is 6.92 Å². The Labute approximate surface area is 83.1 Å². The van der Waals surface area contributed by atoms with E-state index in [2.05, 4.69) is 22.4 Å². The molecule has 2 saturated carbocycles. The quantitative estimate of drug-likeness (QED) is 0.786. The Balaban J connectivity index is 1.59. The second kappa shape index (κ2) is 3.05. The Bertz CT molecular complexity index is 332. The fourth-order valence-electron chi connectivity index (χ4n) is 1.67. The molecule has 2 fully saturated rings.